The van der Waals surface area contributed by atoms with Crippen LogP contribution in [0.25, 0.3) is 22.3 Å². The molecule has 3 nitrogen and oxygen atoms in total. The number of fused-ring (bicyclic) bond motifs is 1. The Morgan fingerprint density at radius 1 is 1.14 bits per heavy atom. The number of para-hydroxylation sites is 1. The fraction of sp³-hybridized carbons (Fsp3) is 0.118. The van der Waals surface area contributed by atoms with Gasteiger partial charge in [0.2, 0.25) is 0 Å². The van der Waals surface area contributed by atoms with Crippen LogP contribution in [0.4, 0.5) is 0 Å². The predicted molar refractivity (Wildman–Crippen MR) is 84.2 cm³/mol. The van der Waals surface area contributed by atoms with Crippen LogP contribution in [0.3, 0.4) is 0 Å². The third-order valence-electron chi connectivity index (χ3n) is 3.35. The lowest BCUT2D eigenvalue weighted by Gasteiger charge is -2.09. The van der Waals surface area contributed by atoms with Crippen LogP contribution < -0.4 is 10.2 Å². The lowest BCUT2D eigenvalue weighted by Crippen LogP contribution is -2.02. The second-order valence-corrected chi connectivity index (χ2v) is 5.21. The van der Waals surface area contributed by atoms with E-state index in [9.17, 15) is 4.79 Å². The Balaban J connectivity index is 2.33. The van der Waals surface area contributed by atoms with E-state index in [2.05, 4.69) is 0 Å². The van der Waals surface area contributed by atoms with Crippen molar-refractivity contribution in [1.29, 1.82) is 0 Å². The zero-order chi connectivity index (χ0) is 15.0. The Labute approximate surface area is 126 Å². The van der Waals surface area contributed by atoms with Gasteiger partial charge >= 0.3 is 0 Å². The van der Waals surface area contributed by atoms with Gasteiger partial charge in [0.15, 0.2) is 5.43 Å². The van der Waals surface area contributed by atoms with E-state index in [1.807, 2.05) is 31.2 Å². The van der Waals surface area contributed by atoms with Crippen LogP contribution in [0, 0.1) is 6.92 Å². The van der Waals surface area contributed by atoms with Crippen molar-refractivity contribution in [2.75, 3.05) is 7.11 Å². The average Bonchev–Trinajstić information content (AvgIpc) is 2.48. The summed E-state index contributed by atoms with van der Waals surface area (Å²) in [5, 5.41) is 1.01. The number of hydrogen-bond donors (Lipinski definition) is 0. The third kappa shape index (κ3) is 2.41. The molecule has 0 fully saturated rings. The van der Waals surface area contributed by atoms with Crippen LogP contribution in [-0.4, -0.2) is 7.11 Å². The maximum absolute atomic E-state index is 12.3. The number of aryl methyl sites for hydroxylation is 1. The molecule has 0 spiro atoms. The summed E-state index contributed by atoms with van der Waals surface area (Å²) in [6.07, 6.45) is 0. The molecule has 0 radical (unpaired) electrons. The molecule has 0 amide bonds. The monoisotopic (exact) mass is 300 g/mol. The molecule has 0 atom stereocenters. The van der Waals surface area contributed by atoms with Gasteiger partial charge in [0.25, 0.3) is 0 Å². The maximum Gasteiger partial charge on any atom is 0.193 e. The summed E-state index contributed by atoms with van der Waals surface area (Å²) < 4.78 is 11.2. The highest BCUT2D eigenvalue weighted by Gasteiger charge is 2.12. The molecule has 0 saturated heterocycles. The third-order valence-corrected chi connectivity index (χ3v) is 3.57. The standard InChI is InChI=1S/C17H13ClO3/c1-10-7-11(18)8-13-14(19)9-16(21-17(10)13)12-5-3-4-6-15(12)20-2/h3-9H,1-2H3. The van der Waals surface area contributed by atoms with Crippen molar-refractivity contribution in [2.24, 2.45) is 0 Å². The van der Waals surface area contributed by atoms with Crippen molar-refractivity contribution >= 4 is 22.6 Å². The van der Waals surface area contributed by atoms with Gasteiger partial charge < -0.3 is 9.15 Å². The van der Waals surface area contributed by atoms with Crippen LogP contribution in [0.2, 0.25) is 5.02 Å². The molecule has 2 aromatic carbocycles. The van der Waals surface area contributed by atoms with Crippen LogP contribution in [0.1, 0.15) is 5.56 Å². The molecule has 106 valence electrons. The molecule has 0 aliphatic carbocycles. The van der Waals surface area contributed by atoms with Crippen molar-refractivity contribution in [3.63, 3.8) is 0 Å². The summed E-state index contributed by atoms with van der Waals surface area (Å²) in [6.45, 7) is 1.86. The lowest BCUT2D eigenvalue weighted by atomic mass is 10.1. The molecule has 1 heterocycles. The first-order valence-electron chi connectivity index (χ1n) is 6.47. The highest BCUT2D eigenvalue weighted by Crippen LogP contribution is 2.31. The Hall–Kier alpha value is -2.26. The molecule has 21 heavy (non-hydrogen) atoms. The zero-order valence-electron chi connectivity index (χ0n) is 11.6. The van der Waals surface area contributed by atoms with Crippen LogP contribution >= 0.6 is 11.6 Å². The summed E-state index contributed by atoms with van der Waals surface area (Å²) >= 11 is 6.00. The molecule has 0 N–H and O–H groups in total. The van der Waals surface area contributed by atoms with E-state index < -0.39 is 0 Å². The van der Waals surface area contributed by atoms with Crippen LogP contribution in [0.15, 0.2) is 51.7 Å². The second-order valence-electron chi connectivity index (χ2n) is 4.77. The van der Waals surface area contributed by atoms with Crippen molar-refractivity contribution < 1.29 is 9.15 Å². The number of rotatable bonds is 2. The van der Waals surface area contributed by atoms with E-state index in [1.165, 1.54) is 6.07 Å². The van der Waals surface area contributed by atoms with Gasteiger partial charge in [-0.15, -0.1) is 0 Å². The van der Waals surface area contributed by atoms with Crippen LogP contribution in [0.5, 0.6) is 5.75 Å². The van der Waals surface area contributed by atoms with Crippen molar-refractivity contribution in [1.82, 2.24) is 0 Å². The topological polar surface area (TPSA) is 39.4 Å². The first-order chi connectivity index (χ1) is 10.1. The van der Waals surface area contributed by atoms with Gasteiger partial charge in [-0.2, -0.15) is 0 Å². The predicted octanol–water partition coefficient (Wildman–Crippen LogP) is 4.43. The van der Waals surface area contributed by atoms with Gasteiger partial charge in [0.1, 0.15) is 17.1 Å². The quantitative estimate of drug-likeness (QED) is 0.703. The Morgan fingerprint density at radius 2 is 1.90 bits per heavy atom. The molecular weight excluding hydrogens is 288 g/mol. The number of benzene rings is 2. The molecule has 0 saturated carbocycles. The highest BCUT2D eigenvalue weighted by atomic mass is 35.5. The smallest absolute Gasteiger partial charge is 0.193 e. The molecular formula is C17H13ClO3. The maximum atomic E-state index is 12.3. The fourth-order valence-corrected chi connectivity index (χ4v) is 2.64. The largest absolute Gasteiger partial charge is 0.496 e. The average molecular weight is 301 g/mol. The molecule has 4 heteroatoms. The van der Waals surface area contributed by atoms with Gasteiger partial charge in [0.05, 0.1) is 18.1 Å². The van der Waals surface area contributed by atoms with E-state index >= 15 is 0 Å². The van der Waals surface area contributed by atoms with Crippen molar-refractivity contribution in [3.05, 3.63) is 63.3 Å². The molecule has 0 aliphatic heterocycles. The number of methoxy groups -OCH3 is 1. The summed E-state index contributed by atoms with van der Waals surface area (Å²) in [4.78, 5) is 12.3. The molecule has 0 bridgehead atoms. The van der Waals surface area contributed by atoms with Crippen molar-refractivity contribution in [3.8, 4) is 17.1 Å². The van der Waals surface area contributed by atoms with Gasteiger partial charge in [-0.1, -0.05) is 23.7 Å². The molecule has 1 aromatic heterocycles. The van der Waals surface area contributed by atoms with Crippen molar-refractivity contribution in [2.45, 2.75) is 6.92 Å². The van der Waals surface area contributed by atoms with E-state index in [0.717, 1.165) is 11.1 Å². The Kier molecular flexibility index (Phi) is 3.43. The van der Waals surface area contributed by atoms with E-state index in [-0.39, 0.29) is 5.43 Å². The van der Waals surface area contributed by atoms with Crippen LogP contribution in [-0.2, 0) is 0 Å². The summed E-state index contributed by atoms with van der Waals surface area (Å²) in [5.74, 6) is 1.14. The highest BCUT2D eigenvalue weighted by molar-refractivity contribution is 6.31. The minimum atomic E-state index is -0.122. The zero-order valence-corrected chi connectivity index (χ0v) is 12.4. The number of halogens is 1. The van der Waals surface area contributed by atoms with Gasteiger partial charge in [0, 0.05) is 11.1 Å². The molecule has 0 unspecified atom stereocenters. The lowest BCUT2D eigenvalue weighted by molar-refractivity contribution is 0.415. The summed E-state index contributed by atoms with van der Waals surface area (Å²) in [5.41, 5.74) is 2.00. The van der Waals surface area contributed by atoms with E-state index in [4.69, 9.17) is 20.8 Å². The first-order valence-corrected chi connectivity index (χ1v) is 6.85. The molecule has 3 aromatic rings. The van der Waals surface area contributed by atoms with E-state index in [1.54, 1.807) is 19.2 Å². The van der Waals surface area contributed by atoms with E-state index in [0.29, 0.717) is 27.5 Å². The minimum absolute atomic E-state index is 0.122. The molecule has 0 aliphatic rings. The Morgan fingerprint density at radius 3 is 2.67 bits per heavy atom. The van der Waals surface area contributed by atoms with Gasteiger partial charge in [-0.25, -0.2) is 0 Å². The second kappa shape index (κ2) is 5.26. The van der Waals surface area contributed by atoms with Gasteiger partial charge in [-0.3, -0.25) is 4.79 Å². The summed E-state index contributed by atoms with van der Waals surface area (Å²) in [6, 6.07) is 12.3. The number of ether oxygens (including phenoxy) is 1. The van der Waals surface area contributed by atoms with Gasteiger partial charge in [-0.05, 0) is 36.8 Å². The Bertz CT molecular complexity index is 881. The first kappa shape index (κ1) is 13.7. The minimum Gasteiger partial charge on any atom is -0.496 e. The fourth-order valence-electron chi connectivity index (χ4n) is 2.37. The number of hydrogen-bond acceptors (Lipinski definition) is 3. The molecule has 3 rings (SSSR count). The normalized spacial score (nSPS) is 10.8. The summed E-state index contributed by atoms with van der Waals surface area (Å²) in [7, 11) is 1.59. The SMILES string of the molecule is COc1ccccc1-c1cc(=O)c2cc(Cl)cc(C)c2o1.